The monoisotopic (exact) mass is 2150 g/mol. The van der Waals surface area contributed by atoms with E-state index in [1.807, 2.05) is 0 Å². The minimum atomic E-state index is -1.26. The second kappa shape index (κ2) is 89.7. The smallest absolute Gasteiger partial charge is 0.307 e. The Morgan fingerprint density at radius 3 is 0.534 bits per heavy atom. The Labute approximate surface area is 835 Å². The third-order valence-electron chi connectivity index (χ3n) is 15.7. The fourth-order valence-corrected chi connectivity index (χ4v) is 8.41. The molecule has 0 aliphatic rings. The van der Waals surface area contributed by atoms with Crippen LogP contribution in [0, 0.1) is 5.92 Å². The largest absolute Gasteiger partial charge is 0.481 e. The van der Waals surface area contributed by atoms with Crippen LogP contribution in [0.5, 0.6) is 0 Å². The molecule has 0 bridgehead atoms. The molecule has 838 valence electrons. The summed E-state index contributed by atoms with van der Waals surface area (Å²) in [5, 5.41) is 128. The summed E-state index contributed by atoms with van der Waals surface area (Å²) < 4.78 is 88.4. The average Bonchev–Trinajstić information content (AvgIpc) is 0.946. The summed E-state index contributed by atoms with van der Waals surface area (Å²) in [7, 11) is 0. The topological polar surface area (TPSA) is 988 Å². The lowest BCUT2D eigenvalue weighted by Gasteiger charge is -2.21. The normalized spacial score (nSPS) is 10.3. The molecule has 0 saturated heterocycles. The van der Waals surface area contributed by atoms with Crippen molar-refractivity contribution in [2.24, 2.45) is 5.92 Å². The molecular weight excluding hydrogens is 2030 g/mol. The number of rotatable bonds is 83. The number of esters is 15. The number of carbonyl (C=O) groups is 30. The Hall–Kier alpha value is -16.1. The van der Waals surface area contributed by atoms with Gasteiger partial charge in [-0.25, -0.2) is 9.80 Å². The molecule has 0 radical (unpaired) electrons. The molecule has 0 heterocycles. The van der Waals surface area contributed by atoms with Crippen LogP contribution >= 0.6 is 0 Å². The Morgan fingerprint density at radius 1 is 0.155 bits per heavy atom. The van der Waals surface area contributed by atoms with Crippen molar-refractivity contribution in [1.82, 2.24) is 9.80 Å². The summed E-state index contributed by atoms with van der Waals surface area (Å²) in [6.45, 7) is -5.27. The highest BCUT2D eigenvalue weighted by Crippen LogP contribution is 2.12. The lowest BCUT2D eigenvalue weighted by molar-refractivity contribution is -0.171. The van der Waals surface area contributed by atoms with Crippen LogP contribution in [0.4, 0.5) is 0 Å². The zero-order valence-electron chi connectivity index (χ0n) is 79.3. The first-order valence-corrected chi connectivity index (χ1v) is 43.4. The van der Waals surface area contributed by atoms with Gasteiger partial charge in [-0.1, -0.05) is 0 Å². The van der Waals surface area contributed by atoms with E-state index in [1.165, 1.54) is 4.90 Å². The van der Waals surface area contributed by atoms with Crippen molar-refractivity contribution in [2.75, 3.05) is 133 Å². The molecule has 0 atom stereocenters. The molecule has 15 N–H and O–H groups in total. The highest BCUT2D eigenvalue weighted by molar-refractivity contribution is 5.84. The number of carboxylic acid groups (broad SMARTS) is 15. The van der Waals surface area contributed by atoms with Crippen molar-refractivity contribution in [3.05, 3.63) is 0 Å². The predicted octanol–water partition coefficient (Wildman–Crippen LogP) is -2.15. The van der Waals surface area contributed by atoms with E-state index in [1.54, 1.807) is 0 Å². The highest BCUT2D eigenvalue weighted by Gasteiger charge is 2.26. The molecule has 148 heavy (non-hydrogen) atoms. The van der Waals surface area contributed by atoms with Crippen molar-refractivity contribution in [2.45, 2.75) is 205 Å². The number of carbonyl (C=O) groups excluding carboxylic acids is 15. The zero-order chi connectivity index (χ0) is 113. The molecule has 0 amide bonds. The van der Waals surface area contributed by atoms with Gasteiger partial charge < -0.3 is 162 Å². The zero-order valence-corrected chi connectivity index (χ0v) is 79.3. The number of aliphatic carboxylic acids is 15. The van der Waals surface area contributed by atoms with Crippen molar-refractivity contribution >= 4 is 179 Å². The molecule has 0 aliphatic heterocycles. The summed E-state index contributed by atoms with van der Waals surface area (Å²) in [6, 6.07) is 0. The SMILES string of the molecule is O=C(O)CCC(=O)OCC(COC(=O)CCC(=O)O)COC(=O)CCC(=O)O.O=C(O)CCC(=O)OCC(COC(=O)CCC(=O)O)OC(=O)CCC(=O)O.O=C(O)CCC(=O)OCCN(COC(=O)CCC(=O)O)COC(=O)CCC(=O)O.O=C(O)CCC(=O)OCCOCC(COCCOC(=O)CCC(=O)O)OCCOC(=O)CCC(=O)O.O=C(O)CCC(=O)OCN(COC(=O)CCC(=O)O)COC(=O)CCC(=O)O. The molecule has 0 aromatic heterocycles. The number of ether oxygens (including phenoxy) is 18. The van der Waals surface area contributed by atoms with Gasteiger partial charge in [0.15, 0.2) is 6.10 Å². The first-order valence-electron chi connectivity index (χ1n) is 43.4. The van der Waals surface area contributed by atoms with Crippen LogP contribution in [-0.2, 0) is 229 Å². The summed E-state index contributed by atoms with van der Waals surface area (Å²) in [6.07, 6.45) is -13.8. The van der Waals surface area contributed by atoms with Crippen LogP contribution < -0.4 is 0 Å². The van der Waals surface area contributed by atoms with E-state index in [4.69, 9.17) is 162 Å². The molecule has 0 fully saturated rings. The van der Waals surface area contributed by atoms with Gasteiger partial charge in [0.05, 0.1) is 232 Å². The Morgan fingerprint density at radius 2 is 0.324 bits per heavy atom. The minimum absolute atomic E-state index is 0.00988. The summed E-state index contributed by atoms with van der Waals surface area (Å²) in [5.74, 6) is -30.7. The minimum Gasteiger partial charge on any atom is -0.481 e. The maximum Gasteiger partial charge on any atom is 0.307 e. The highest BCUT2D eigenvalue weighted by atomic mass is 16.6. The van der Waals surface area contributed by atoms with Gasteiger partial charge in [-0.05, 0) is 0 Å². The molecule has 0 spiro atoms. The van der Waals surface area contributed by atoms with Gasteiger partial charge in [-0.2, -0.15) is 0 Å². The molecule has 0 saturated carbocycles. The number of nitrogens with zero attached hydrogens (tertiary/aromatic N) is 2. The number of carboxylic acids is 15. The second-order valence-corrected chi connectivity index (χ2v) is 28.6. The van der Waals surface area contributed by atoms with Gasteiger partial charge in [0.1, 0.15) is 99.2 Å². The van der Waals surface area contributed by atoms with Gasteiger partial charge >= 0.3 is 179 Å². The van der Waals surface area contributed by atoms with Crippen molar-refractivity contribution in [1.29, 1.82) is 0 Å². The fourth-order valence-electron chi connectivity index (χ4n) is 8.41. The first-order chi connectivity index (χ1) is 69.5. The van der Waals surface area contributed by atoms with E-state index in [0.717, 1.165) is 4.90 Å². The standard InChI is InChI=1S/C21H32O15.C16H23NO12.C16H22O12.C15H21NO12.C15H20O12/c22-16(23)1-4-19(28)34-9-7-31-13-15(33-11-12-36-21(30)6-3-18(26)27)14-32-8-10-35-20(29)5-2-17(24)25;18-11(19)1-4-14(24)27-8-7-17(9-28-15(25)5-2-12(20)21)10-29-16(26)6-3-13(22)23;17-11(18)1-4-14(23)26-7-10(8-27-15(24)5-2-12(19)20)9-28-16(25)6-3-13(21)22;17-10(18)1-4-13(23)26-7-16(8-27-14(24)5-2-11(19)20)9-28-15(25)6-3-12(21)22;16-10(17)1-4-13(22)25-7-9(27-15(24)6-3-12(20)21)8-26-14(23)5-2-11(18)19/h15H,1-14H2,(H,22,23)(H,24,25)(H,26,27);1-10H2,(H,18,19)(H,20,21)(H,22,23);10H,1-9H2,(H,17,18)(H,19,20)(H,21,22);1-9H2,(H,17,18)(H,19,20)(H,21,22);9H,1-8H2,(H,16,17)(H,18,19)(H,20,21). The van der Waals surface area contributed by atoms with Gasteiger partial charge in [0.2, 0.25) is 0 Å². The quantitative estimate of drug-likeness (QED) is 0.0134. The van der Waals surface area contributed by atoms with Crippen LogP contribution in [0.3, 0.4) is 0 Å². The van der Waals surface area contributed by atoms with Crippen molar-refractivity contribution in [3.8, 4) is 0 Å². The Bertz CT molecular complexity index is 3900. The lowest BCUT2D eigenvalue weighted by Crippen LogP contribution is -2.35. The second-order valence-electron chi connectivity index (χ2n) is 28.6. The lowest BCUT2D eigenvalue weighted by atomic mass is 10.2. The van der Waals surface area contributed by atoms with Crippen LogP contribution in [0.15, 0.2) is 0 Å². The van der Waals surface area contributed by atoms with Gasteiger partial charge in [-0.3, -0.25) is 144 Å². The number of hydrogen-bond donors (Lipinski definition) is 15. The fraction of sp³-hybridized carbons (Fsp3) is 0.639. The molecule has 0 aromatic rings. The summed E-state index contributed by atoms with van der Waals surface area (Å²) in [5.41, 5.74) is 0. The molecule has 0 rings (SSSR count). The molecule has 65 nitrogen and oxygen atoms in total. The van der Waals surface area contributed by atoms with Crippen LogP contribution in [-0.4, -0.2) is 410 Å². The maximum absolute atomic E-state index is 11.6. The summed E-state index contributed by atoms with van der Waals surface area (Å²) >= 11 is 0. The van der Waals surface area contributed by atoms with Gasteiger partial charge in [0.25, 0.3) is 0 Å². The average molecular weight is 2150 g/mol. The Kier molecular flexibility index (Phi) is 85.1. The molecule has 0 unspecified atom stereocenters. The Balaban J connectivity index is -0.000000578. The molecular formula is C83H118N2O63. The third-order valence-corrected chi connectivity index (χ3v) is 15.7. The summed E-state index contributed by atoms with van der Waals surface area (Å²) in [4.78, 5) is 330. The molecule has 0 aliphatic carbocycles. The van der Waals surface area contributed by atoms with Gasteiger partial charge in [-0.15, -0.1) is 0 Å². The number of hydrogen-bond acceptors (Lipinski definition) is 50. The van der Waals surface area contributed by atoms with E-state index < -0.39 is 360 Å². The van der Waals surface area contributed by atoms with E-state index in [2.05, 4.69) is 0 Å². The van der Waals surface area contributed by atoms with E-state index >= 15 is 0 Å². The molecule has 65 heteroatoms. The van der Waals surface area contributed by atoms with E-state index in [-0.39, 0.29) is 163 Å². The van der Waals surface area contributed by atoms with E-state index in [9.17, 15) is 144 Å². The van der Waals surface area contributed by atoms with Crippen molar-refractivity contribution in [3.63, 3.8) is 0 Å². The maximum atomic E-state index is 11.6. The van der Waals surface area contributed by atoms with Crippen LogP contribution in [0.2, 0.25) is 0 Å². The first kappa shape index (κ1) is 140. The third kappa shape index (κ3) is 107. The van der Waals surface area contributed by atoms with Crippen LogP contribution in [0.1, 0.15) is 193 Å². The van der Waals surface area contributed by atoms with Crippen LogP contribution in [0.25, 0.3) is 0 Å². The predicted molar refractivity (Wildman–Crippen MR) is 460 cm³/mol. The van der Waals surface area contributed by atoms with Crippen molar-refractivity contribution < 1.29 is 306 Å². The molecule has 0 aromatic carbocycles. The van der Waals surface area contributed by atoms with E-state index in [0.29, 0.717) is 0 Å². The van der Waals surface area contributed by atoms with Gasteiger partial charge in [0, 0.05) is 6.54 Å².